The van der Waals surface area contributed by atoms with Crippen LogP contribution in [0, 0.1) is 0 Å². The van der Waals surface area contributed by atoms with Crippen molar-refractivity contribution >= 4 is 23.5 Å². The first-order chi connectivity index (χ1) is 11.6. The van der Waals surface area contributed by atoms with Crippen molar-refractivity contribution in [2.45, 2.75) is 30.7 Å². The highest BCUT2D eigenvalue weighted by molar-refractivity contribution is 7.45. The van der Waals surface area contributed by atoms with Crippen molar-refractivity contribution in [3.05, 3.63) is 0 Å². The Morgan fingerprint density at radius 2 is 0.852 bits per heavy atom. The van der Waals surface area contributed by atoms with Crippen LogP contribution >= 0.6 is 23.5 Å². The van der Waals surface area contributed by atoms with E-state index in [4.69, 9.17) is 83.3 Å². The number of hydrogen-bond donors (Lipinski definition) is 14. The van der Waals surface area contributed by atoms with Gasteiger partial charge in [-0.3, -0.25) is 0 Å². The van der Waals surface area contributed by atoms with Gasteiger partial charge in [-0.15, -0.1) is 0 Å². The summed E-state index contributed by atoms with van der Waals surface area (Å²) in [5.74, 6) is 0. The SMILES string of the molecule is O=P(O)(O)O.O=P(O)(O)O.O=P(O)(O)O.OC[C@H]1OC(O)[C@H](O)[C@@H](O)[C@@H]1O. The Labute approximate surface area is 149 Å². The lowest BCUT2D eigenvalue weighted by Gasteiger charge is -2.37. The zero-order valence-electron chi connectivity index (χ0n) is 12.8. The Hall–Kier alpha value is 0.0900. The maximum absolute atomic E-state index is 9.12. The molecule has 18 nitrogen and oxygen atoms in total. The lowest BCUT2D eigenvalue weighted by atomic mass is 10.00. The van der Waals surface area contributed by atoms with E-state index in [9.17, 15) is 0 Å². The molecule has 0 amide bonds. The fraction of sp³-hybridized carbons (Fsp3) is 1.00. The molecule has 0 spiro atoms. The summed E-state index contributed by atoms with van der Waals surface area (Å²) in [6.45, 7) is -0.526. The minimum atomic E-state index is -4.64. The largest absolute Gasteiger partial charge is 0.466 e. The maximum Gasteiger partial charge on any atom is 0.466 e. The average Bonchev–Trinajstić information content (AvgIpc) is 2.34. The van der Waals surface area contributed by atoms with Gasteiger partial charge in [-0.05, 0) is 0 Å². The molecule has 0 radical (unpaired) electrons. The maximum atomic E-state index is 9.12. The number of rotatable bonds is 1. The van der Waals surface area contributed by atoms with E-state index in [0.29, 0.717) is 0 Å². The molecule has 5 atom stereocenters. The number of phosphoric acid groups is 3. The van der Waals surface area contributed by atoms with Gasteiger partial charge < -0.3 is 74.3 Å². The summed E-state index contributed by atoms with van der Waals surface area (Å²) in [5, 5.41) is 44.7. The van der Waals surface area contributed by atoms with Crippen LogP contribution < -0.4 is 0 Å². The van der Waals surface area contributed by atoms with E-state index in [1.807, 2.05) is 0 Å². The van der Waals surface area contributed by atoms with Gasteiger partial charge in [0.1, 0.15) is 24.4 Å². The minimum absolute atomic E-state index is 0.526. The molecule has 1 heterocycles. The van der Waals surface area contributed by atoms with Gasteiger partial charge in [0.05, 0.1) is 6.61 Å². The Bertz CT molecular complexity index is 442. The van der Waals surface area contributed by atoms with Crippen LogP contribution in [0.3, 0.4) is 0 Å². The van der Waals surface area contributed by atoms with Crippen LogP contribution in [-0.4, -0.2) is 107 Å². The van der Waals surface area contributed by atoms with Crippen LogP contribution in [0.1, 0.15) is 0 Å². The molecule has 0 aromatic rings. The van der Waals surface area contributed by atoms with Crippen LogP contribution in [0.4, 0.5) is 0 Å². The normalized spacial score (nSPS) is 28.4. The van der Waals surface area contributed by atoms with Crippen molar-refractivity contribution in [1.29, 1.82) is 0 Å². The number of ether oxygens (including phenoxy) is 1. The average molecular weight is 474 g/mol. The summed E-state index contributed by atoms with van der Waals surface area (Å²) in [4.78, 5) is 64.7. The fourth-order valence-corrected chi connectivity index (χ4v) is 1.08. The van der Waals surface area contributed by atoms with Crippen molar-refractivity contribution in [2.24, 2.45) is 0 Å². The van der Waals surface area contributed by atoms with Gasteiger partial charge in [-0.2, -0.15) is 0 Å². The molecule has 1 aliphatic rings. The Morgan fingerprint density at radius 1 is 0.593 bits per heavy atom. The molecule has 21 heteroatoms. The first-order valence-electron chi connectivity index (χ1n) is 5.91. The summed E-state index contributed by atoms with van der Waals surface area (Å²) < 4.78 is 31.2. The highest BCUT2D eigenvalue weighted by atomic mass is 31.2. The molecule has 27 heavy (non-hydrogen) atoms. The van der Waals surface area contributed by atoms with Crippen molar-refractivity contribution < 1.29 is 88.0 Å². The molecule has 1 saturated heterocycles. The first-order valence-corrected chi connectivity index (χ1v) is 10.6. The van der Waals surface area contributed by atoms with E-state index >= 15 is 0 Å². The van der Waals surface area contributed by atoms with Gasteiger partial charge in [0.2, 0.25) is 0 Å². The number of aliphatic hydroxyl groups is 5. The molecule has 14 N–H and O–H groups in total. The van der Waals surface area contributed by atoms with E-state index in [1.165, 1.54) is 0 Å². The van der Waals surface area contributed by atoms with Crippen molar-refractivity contribution in [1.82, 2.24) is 0 Å². The molecule has 0 aromatic heterocycles. The van der Waals surface area contributed by atoms with E-state index in [2.05, 4.69) is 4.74 Å². The summed E-state index contributed by atoms with van der Waals surface area (Å²) >= 11 is 0. The third-order valence-electron chi connectivity index (χ3n) is 1.87. The number of hydrogen-bond acceptors (Lipinski definition) is 9. The van der Waals surface area contributed by atoms with Crippen LogP contribution in [0.25, 0.3) is 0 Å². The van der Waals surface area contributed by atoms with Gasteiger partial charge in [-0.1, -0.05) is 0 Å². The summed E-state index contributed by atoms with van der Waals surface area (Å²) in [7, 11) is -13.9. The molecular weight excluding hydrogens is 453 g/mol. The second kappa shape index (κ2) is 13.3. The summed E-state index contributed by atoms with van der Waals surface area (Å²) in [6, 6.07) is 0. The van der Waals surface area contributed by atoms with E-state index < -0.39 is 60.8 Å². The van der Waals surface area contributed by atoms with Crippen LogP contribution in [0.5, 0.6) is 0 Å². The fourth-order valence-electron chi connectivity index (χ4n) is 1.08. The monoisotopic (exact) mass is 474 g/mol. The molecule has 0 bridgehead atoms. The third kappa shape index (κ3) is 31.0. The zero-order valence-corrected chi connectivity index (χ0v) is 15.5. The van der Waals surface area contributed by atoms with Crippen LogP contribution in [-0.2, 0) is 18.4 Å². The molecular formula is C6H21O18P3. The van der Waals surface area contributed by atoms with Crippen LogP contribution in [0.2, 0.25) is 0 Å². The molecule has 1 aliphatic heterocycles. The van der Waals surface area contributed by atoms with Gasteiger partial charge in [-0.25, -0.2) is 13.7 Å². The Morgan fingerprint density at radius 3 is 1.07 bits per heavy atom. The molecule has 168 valence electrons. The zero-order chi connectivity index (χ0) is 22.8. The molecule has 1 fully saturated rings. The van der Waals surface area contributed by atoms with Crippen molar-refractivity contribution in [2.75, 3.05) is 6.61 Å². The smallest absolute Gasteiger partial charge is 0.394 e. The van der Waals surface area contributed by atoms with Crippen molar-refractivity contribution in [3.63, 3.8) is 0 Å². The third-order valence-corrected chi connectivity index (χ3v) is 1.87. The van der Waals surface area contributed by atoms with E-state index in [-0.39, 0.29) is 0 Å². The van der Waals surface area contributed by atoms with Gasteiger partial charge in [0, 0.05) is 0 Å². The van der Waals surface area contributed by atoms with Crippen LogP contribution in [0.15, 0.2) is 0 Å². The quantitative estimate of drug-likeness (QED) is 0.157. The summed E-state index contributed by atoms with van der Waals surface area (Å²) in [6.07, 6.45) is -7.04. The van der Waals surface area contributed by atoms with Gasteiger partial charge in [0.15, 0.2) is 6.29 Å². The molecule has 1 unspecified atom stereocenters. The second-order valence-corrected chi connectivity index (χ2v) is 7.34. The van der Waals surface area contributed by atoms with Gasteiger partial charge >= 0.3 is 23.5 Å². The lowest BCUT2D eigenvalue weighted by Crippen LogP contribution is -2.58. The highest BCUT2D eigenvalue weighted by Gasteiger charge is 2.42. The molecule has 0 aliphatic carbocycles. The highest BCUT2D eigenvalue weighted by Crippen LogP contribution is 2.26. The Balaban J connectivity index is -0.000000323. The predicted octanol–water partition coefficient (Wildman–Crippen LogP) is -6.01. The van der Waals surface area contributed by atoms with E-state index in [1.54, 1.807) is 0 Å². The molecule has 0 aromatic carbocycles. The van der Waals surface area contributed by atoms with E-state index in [0.717, 1.165) is 0 Å². The minimum Gasteiger partial charge on any atom is -0.394 e. The molecule has 1 rings (SSSR count). The molecule has 0 saturated carbocycles. The second-order valence-electron chi connectivity index (χ2n) is 4.26. The summed E-state index contributed by atoms with van der Waals surface area (Å²) in [5.41, 5.74) is 0. The first kappa shape index (κ1) is 31.8. The standard InChI is InChI=1S/C6H12O6.3H3O4P/c7-1-2-3(8)4(9)5(10)6(11)12-2;3*1-5(2,3)4/h2-11H,1H2;3*(H3,1,2,3,4)/t2-,3-,4+,5-,6?;;;/m1.../s1. The lowest BCUT2D eigenvalue weighted by molar-refractivity contribution is -0.286. The predicted molar refractivity (Wildman–Crippen MR) is 78.8 cm³/mol. The number of aliphatic hydroxyl groups excluding tert-OH is 5. The van der Waals surface area contributed by atoms with Crippen molar-refractivity contribution in [3.8, 4) is 0 Å². The van der Waals surface area contributed by atoms with Gasteiger partial charge in [0.25, 0.3) is 0 Å². The topological polar surface area (TPSA) is 344 Å². The Kier molecular flexibility index (Phi) is 15.7.